The first-order valence-corrected chi connectivity index (χ1v) is 6.96. The van der Waals surface area contributed by atoms with Crippen LogP contribution in [-0.4, -0.2) is 22.6 Å². The predicted molar refractivity (Wildman–Crippen MR) is 71.2 cm³/mol. The van der Waals surface area contributed by atoms with Gasteiger partial charge < -0.3 is 9.88 Å². The Hall–Kier alpha value is -0.830. The zero-order valence-electron chi connectivity index (χ0n) is 11.3. The molecular formula is C14H25N3. The lowest BCUT2D eigenvalue weighted by Gasteiger charge is -2.28. The molecule has 0 saturated carbocycles. The SMILES string of the molecule is CCC(C(C)C)n1cncc1C1CCCNC1. The average molecular weight is 235 g/mol. The molecule has 0 aliphatic carbocycles. The first-order chi connectivity index (χ1) is 8.24. The van der Waals surface area contributed by atoms with Gasteiger partial charge in [0.05, 0.1) is 6.33 Å². The number of nitrogens with zero attached hydrogens (tertiary/aromatic N) is 2. The maximum absolute atomic E-state index is 4.38. The summed E-state index contributed by atoms with van der Waals surface area (Å²) >= 11 is 0. The molecule has 3 nitrogen and oxygen atoms in total. The molecule has 0 aromatic carbocycles. The van der Waals surface area contributed by atoms with Gasteiger partial charge in [0.15, 0.2) is 0 Å². The van der Waals surface area contributed by atoms with Gasteiger partial charge in [-0.3, -0.25) is 0 Å². The van der Waals surface area contributed by atoms with Gasteiger partial charge in [-0.15, -0.1) is 0 Å². The van der Waals surface area contributed by atoms with Crippen LogP contribution in [-0.2, 0) is 0 Å². The third kappa shape index (κ3) is 2.71. The van der Waals surface area contributed by atoms with Crippen LogP contribution in [0, 0.1) is 5.92 Å². The fourth-order valence-electron chi connectivity index (χ4n) is 3.00. The maximum atomic E-state index is 4.38. The molecule has 0 spiro atoms. The highest BCUT2D eigenvalue weighted by Gasteiger charge is 2.22. The normalized spacial score (nSPS) is 22.9. The molecule has 1 saturated heterocycles. The average Bonchev–Trinajstić information content (AvgIpc) is 2.80. The van der Waals surface area contributed by atoms with Crippen molar-refractivity contribution in [2.45, 2.75) is 52.0 Å². The second-order valence-electron chi connectivity index (χ2n) is 5.49. The first-order valence-electron chi connectivity index (χ1n) is 6.96. The molecule has 1 fully saturated rings. The van der Waals surface area contributed by atoms with E-state index in [0.29, 0.717) is 17.9 Å². The Morgan fingerprint density at radius 2 is 2.35 bits per heavy atom. The van der Waals surface area contributed by atoms with Crippen molar-refractivity contribution < 1.29 is 0 Å². The monoisotopic (exact) mass is 235 g/mol. The van der Waals surface area contributed by atoms with Crippen molar-refractivity contribution in [2.75, 3.05) is 13.1 Å². The van der Waals surface area contributed by atoms with Crippen molar-refractivity contribution in [3.63, 3.8) is 0 Å². The number of hydrogen-bond acceptors (Lipinski definition) is 2. The molecule has 2 unspecified atom stereocenters. The Kier molecular flexibility index (Phi) is 4.21. The molecule has 2 rings (SSSR count). The number of nitrogens with one attached hydrogen (secondary N) is 1. The van der Waals surface area contributed by atoms with Gasteiger partial charge in [-0.1, -0.05) is 20.8 Å². The summed E-state index contributed by atoms with van der Waals surface area (Å²) < 4.78 is 2.42. The molecule has 1 aliphatic heterocycles. The number of rotatable bonds is 4. The lowest BCUT2D eigenvalue weighted by molar-refractivity contribution is 0.341. The third-order valence-electron chi connectivity index (χ3n) is 3.96. The van der Waals surface area contributed by atoms with Gasteiger partial charge >= 0.3 is 0 Å². The predicted octanol–water partition coefficient (Wildman–Crippen LogP) is 2.96. The van der Waals surface area contributed by atoms with Crippen LogP contribution >= 0.6 is 0 Å². The topological polar surface area (TPSA) is 29.9 Å². The quantitative estimate of drug-likeness (QED) is 0.869. The summed E-state index contributed by atoms with van der Waals surface area (Å²) in [5.74, 6) is 1.32. The minimum Gasteiger partial charge on any atom is -0.331 e. The van der Waals surface area contributed by atoms with E-state index in [1.54, 1.807) is 0 Å². The molecular weight excluding hydrogens is 210 g/mol. The number of aromatic nitrogens is 2. The zero-order valence-corrected chi connectivity index (χ0v) is 11.3. The largest absolute Gasteiger partial charge is 0.331 e. The van der Waals surface area contributed by atoms with Crippen molar-refractivity contribution >= 4 is 0 Å². The maximum Gasteiger partial charge on any atom is 0.0950 e. The van der Waals surface area contributed by atoms with Crippen LogP contribution in [0.3, 0.4) is 0 Å². The van der Waals surface area contributed by atoms with Crippen LogP contribution < -0.4 is 5.32 Å². The van der Waals surface area contributed by atoms with E-state index in [1.165, 1.54) is 31.5 Å². The van der Waals surface area contributed by atoms with Crippen molar-refractivity contribution in [1.82, 2.24) is 14.9 Å². The van der Waals surface area contributed by atoms with Gasteiger partial charge in [0, 0.05) is 30.4 Å². The second kappa shape index (κ2) is 5.67. The molecule has 0 bridgehead atoms. The second-order valence-corrected chi connectivity index (χ2v) is 5.49. The summed E-state index contributed by atoms with van der Waals surface area (Å²) in [6.07, 6.45) is 7.86. The van der Waals surface area contributed by atoms with Gasteiger partial charge in [-0.05, 0) is 31.7 Å². The molecule has 1 aromatic heterocycles. The lowest BCUT2D eigenvalue weighted by Crippen LogP contribution is -2.30. The summed E-state index contributed by atoms with van der Waals surface area (Å²) in [4.78, 5) is 4.38. The lowest BCUT2D eigenvalue weighted by atomic mass is 9.94. The van der Waals surface area contributed by atoms with E-state index in [-0.39, 0.29) is 0 Å². The Morgan fingerprint density at radius 1 is 1.53 bits per heavy atom. The third-order valence-corrected chi connectivity index (χ3v) is 3.96. The summed E-state index contributed by atoms with van der Waals surface area (Å²) in [6, 6.07) is 0.592. The highest BCUT2D eigenvalue weighted by Crippen LogP contribution is 2.29. The first kappa shape index (κ1) is 12.6. The van der Waals surface area contributed by atoms with Gasteiger partial charge in [0.25, 0.3) is 0 Å². The highest BCUT2D eigenvalue weighted by molar-refractivity contribution is 5.09. The number of hydrogen-bond donors (Lipinski definition) is 1. The Labute approximate surface area is 105 Å². The standard InChI is InChI=1S/C14H25N3/c1-4-13(11(2)3)17-10-16-9-14(17)12-6-5-7-15-8-12/h9-13,15H,4-8H2,1-3H3. The van der Waals surface area contributed by atoms with Crippen LogP contribution in [0.4, 0.5) is 0 Å². The molecule has 3 heteroatoms. The Bertz CT molecular complexity index is 337. The zero-order chi connectivity index (χ0) is 12.3. The van der Waals surface area contributed by atoms with E-state index in [2.05, 4.69) is 41.8 Å². The van der Waals surface area contributed by atoms with E-state index in [4.69, 9.17) is 0 Å². The summed E-state index contributed by atoms with van der Waals surface area (Å²) in [5, 5.41) is 3.50. The van der Waals surface area contributed by atoms with E-state index in [9.17, 15) is 0 Å². The van der Waals surface area contributed by atoms with Crippen molar-refractivity contribution in [1.29, 1.82) is 0 Å². The summed E-state index contributed by atoms with van der Waals surface area (Å²) in [7, 11) is 0. The van der Waals surface area contributed by atoms with E-state index in [1.807, 2.05) is 6.33 Å². The van der Waals surface area contributed by atoms with Crippen LogP contribution in [0.1, 0.15) is 57.7 Å². The Balaban J connectivity index is 2.20. The summed E-state index contributed by atoms with van der Waals surface area (Å²) in [6.45, 7) is 9.16. The smallest absolute Gasteiger partial charge is 0.0950 e. The summed E-state index contributed by atoms with van der Waals surface area (Å²) in [5.41, 5.74) is 1.43. The minimum atomic E-state index is 0.592. The van der Waals surface area contributed by atoms with Crippen LogP contribution in [0.2, 0.25) is 0 Å². The Morgan fingerprint density at radius 3 is 2.94 bits per heavy atom. The van der Waals surface area contributed by atoms with Crippen LogP contribution in [0.5, 0.6) is 0 Å². The molecule has 1 N–H and O–H groups in total. The molecule has 0 amide bonds. The molecule has 96 valence electrons. The molecule has 0 radical (unpaired) electrons. The van der Waals surface area contributed by atoms with E-state index < -0.39 is 0 Å². The fraction of sp³-hybridized carbons (Fsp3) is 0.786. The van der Waals surface area contributed by atoms with E-state index in [0.717, 1.165) is 6.54 Å². The van der Waals surface area contributed by atoms with Crippen LogP contribution in [0.25, 0.3) is 0 Å². The van der Waals surface area contributed by atoms with Crippen molar-refractivity contribution in [3.05, 3.63) is 18.2 Å². The number of imidazole rings is 1. The van der Waals surface area contributed by atoms with Gasteiger partial charge in [-0.2, -0.15) is 0 Å². The molecule has 2 heterocycles. The van der Waals surface area contributed by atoms with Gasteiger partial charge in [-0.25, -0.2) is 4.98 Å². The molecule has 1 aliphatic rings. The minimum absolute atomic E-state index is 0.592. The molecule has 1 aromatic rings. The van der Waals surface area contributed by atoms with Gasteiger partial charge in [0.2, 0.25) is 0 Å². The van der Waals surface area contributed by atoms with Crippen LogP contribution in [0.15, 0.2) is 12.5 Å². The molecule has 2 atom stereocenters. The number of piperidine rings is 1. The fourth-order valence-corrected chi connectivity index (χ4v) is 3.00. The van der Waals surface area contributed by atoms with Gasteiger partial charge in [0.1, 0.15) is 0 Å². The highest BCUT2D eigenvalue weighted by atomic mass is 15.1. The van der Waals surface area contributed by atoms with Crippen molar-refractivity contribution in [3.8, 4) is 0 Å². The molecule has 17 heavy (non-hydrogen) atoms. The van der Waals surface area contributed by atoms with E-state index >= 15 is 0 Å². The van der Waals surface area contributed by atoms with Crippen molar-refractivity contribution in [2.24, 2.45) is 5.92 Å².